The van der Waals surface area contributed by atoms with Gasteiger partial charge in [0.05, 0.1) is 0 Å². The summed E-state index contributed by atoms with van der Waals surface area (Å²) >= 11 is 3.18. The quantitative estimate of drug-likeness (QED) is 0.397. The monoisotopic (exact) mass is 153 g/mol. The van der Waals surface area contributed by atoms with Gasteiger partial charge in [0, 0.05) is 0 Å². The molecule has 0 aliphatic heterocycles. The molecule has 0 saturated carbocycles. The highest BCUT2D eigenvalue weighted by Gasteiger charge is 1.72. The highest BCUT2D eigenvalue weighted by atomic mass is 79.9. The van der Waals surface area contributed by atoms with E-state index >= 15 is 0 Å². The Labute approximate surface area is 51.8 Å². The molecule has 2 radical (unpaired) electrons. The van der Waals surface area contributed by atoms with Crippen LogP contribution in [0, 0.1) is 0 Å². The average molecular weight is 154 g/mol. The summed E-state index contributed by atoms with van der Waals surface area (Å²) in [6, 6.07) is 0. The van der Waals surface area contributed by atoms with E-state index in [-0.39, 0.29) is 0 Å². The fraction of sp³-hybridized carbons (Fsp3) is 0. The van der Waals surface area contributed by atoms with E-state index in [1.165, 1.54) is 0 Å². The number of halogens is 1. The Hall–Kier alpha value is -0.195. The summed E-state index contributed by atoms with van der Waals surface area (Å²) in [5.41, 5.74) is 4.08. The van der Waals surface area contributed by atoms with E-state index in [1.807, 2.05) is 24.3 Å². The second-order valence-corrected chi connectivity index (χ2v) is 1.69. The Morgan fingerprint density at radius 2 is 2.57 bits per heavy atom. The van der Waals surface area contributed by atoms with Gasteiger partial charge < -0.3 is 15.8 Å². The van der Waals surface area contributed by atoms with Crippen LogP contribution < -0.4 is 0 Å². The molecule has 0 fully saturated rings. The molecule has 0 spiro atoms. The Morgan fingerprint density at radius 3 is 2.86 bits per heavy atom. The van der Waals surface area contributed by atoms with Gasteiger partial charge >= 0.3 is 0 Å². The third kappa shape index (κ3) is 1.08. The Kier molecular flexibility index (Phi) is 1.56. The third-order valence-electron chi connectivity index (χ3n) is 0.740. The fourth-order valence-corrected chi connectivity index (χ4v) is 0.697. The lowest BCUT2D eigenvalue weighted by Gasteiger charge is -1.99. The van der Waals surface area contributed by atoms with Gasteiger partial charge in [-0.1, -0.05) is 12.2 Å². The van der Waals surface area contributed by atoms with Crippen LogP contribution in [0.4, 0.5) is 0 Å². The van der Waals surface area contributed by atoms with Crippen molar-refractivity contribution in [2.75, 3.05) is 0 Å². The number of hydrogen-bond donors (Lipinski definition) is 0. The first-order valence-corrected chi connectivity index (χ1v) is 2.92. The molecule has 0 aromatic rings. The van der Waals surface area contributed by atoms with E-state index in [1.54, 1.807) is 0 Å². The van der Waals surface area contributed by atoms with Crippen molar-refractivity contribution >= 4 is 21.9 Å². The van der Waals surface area contributed by atoms with Gasteiger partial charge in [-0.15, -0.1) is 0 Å². The zero-order valence-corrected chi connectivity index (χ0v) is 5.27. The van der Waals surface area contributed by atoms with Crippen LogP contribution in [-0.4, -0.2) is 6.10 Å². The lowest BCUT2D eigenvalue weighted by atomic mass is 9.98. The summed E-state index contributed by atoms with van der Waals surface area (Å²) < 4.78 is 0. The normalized spacial score (nSPS) is 15.3. The van der Waals surface area contributed by atoms with Gasteiger partial charge in [0.1, 0.15) is 0 Å². The maximum atomic E-state index is 3.18. The van der Waals surface area contributed by atoms with E-state index in [0.717, 1.165) is 5.47 Å². The lowest BCUT2D eigenvalue weighted by molar-refractivity contribution is 2.02. The van der Waals surface area contributed by atoms with Crippen LogP contribution in [-0.2, 0) is 0 Å². The molecule has 1 aliphatic carbocycles. The molecule has 34 valence electrons. The molecule has 0 amide bonds. The van der Waals surface area contributed by atoms with Gasteiger partial charge in [0.25, 0.3) is 0 Å². The van der Waals surface area contributed by atoms with Crippen molar-refractivity contribution in [3.8, 4) is 0 Å². The highest BCUT2D eigenvalue weighted by Crippen LogP contribution is 2.00. The molecule has 0 aromatic heterocycles. The average Bonchev–Trinajstić information content (AvgIpc) is 2.14. The Bertz CT molecular complexity index is 151. The summed E-state index contributed by atoms with van der Waals surface area (Å²) in [4.78, 5) is 0. The molecule has 1 aliphatic rings. The smallest absolute Gasteiger partial charge is 0.0236 e. The molecule has 0 nitrogen and oxygen atoms in total. The second-order valence-electron chi connectivity index (χ2n) is 1.23. The van der Waals surface area contributed by atoms with Gasteiger partial charge in [0.2, 0.25) is 0 Å². The summed E-state index contributed by atoms with van der Waals surface area (Å²) in [5, 5.41) is 0. The molecular weight excluding hydrogens is 151 g/mol. The highest BCUT2D eigenvalue weighted by molar-refractivity contribution is 9.23. The molecule has 0 heterocycles. The molecule has 1 rings (SSSR count). The van der Waals surface area contributed by atoms with Crippen LogP contribution in [0.5, 0.6) is 0 Å². The first-order valence-electron chi connectivity index (χ1n) is 2.00. The van der Waals surface area contributed by atoms with Gasteiger partial charge in [-0.05, 0) is 6.08 Å². The summed E-state index contributed by atoms with van der Waals surface area (Å²) in [6.07, 6.45) is 7.65. The second kappa shape index (κ2) is 2.20. The van der Waals surface area contributed by atoms with Crippen LogP contribution in [0.1, 0.15) is 0 Å². The SMILES string of the molecule is Br[B-]C1=C=CC=C1. The molecule has 2 heteroatoms. The number of rotatable bonds is 1. The van der Waals surface area contributed by atoms with E-state index in [4.69, 9.17) is 0 Å². The first kappa shape index (κ1) is 4.95. The maximum Gasteiger partial charge on any atom is -0.0236 e. The predicted octanol–water partition coefficient (Wildman–Crippen LogP) is 1.61. The van der Waals surface area contributed by atoms with E-state index in [0.29, 0.717) is 0 Å². The third-order valence-corrected chi connectivity index (χ3v) is 1.23. The minimum atomic E-state index is 1.10. The summed E-state index contributed by atoms with van der Waals surface area (Å²) in [6.45, 7) is 0. The summed E-state index contributed by atoms with van der Waals surface area (Å²) in [7, 11) is 0. The zero-order valence-electron chi connectivity index (χ0n) is 3.69. The van der Waals surface area contributed by atoms with Crippen LogP contribution in [0.15, 0.2) is 29.4 Å². The van der Waals surface area contributed by atoms with Crippen molar-refractivity contribution in [3.63, 3.8) is 0 Å². The van der Waals surface area contributed by atoms with Crippen molar-refractivity contribution in [3.05, 3.63) is 29.4 Å². The predicted molar refractivity (Wildman–Crippen MR) is 35.4 cm³/mol. The van der Waals surface area contributed by atoms with Crippen LogP contribution in [0.25, 0.3) is 0 Å². The molecule has 0 aromatic carbocycles. The van der Waals surface area contributed by atoms with Gasteiger partial charge in [0.15, 0.2) is 0 Å². The topological polar surface area (TPSA) is 0 Å². The minimum absolute atomic E-state index is 1.10. The van der Waals surface area contributed by atoms with Crippen molar-refractivity contribution < 1.29 is 0 Å². The number of allylic oxidation sites excluding steroid dienone is 3. The van der Waals surface area contributed by atoms with Crippen LogP contribution in [0.3, 0.4) is 0 Å². The van der Waals surface area contributed by atoms with Gasteiger partial charge in [-0.3, -0.25) is 0 Å². The minimum Gasteiger partial charge on any atom is -0.434 e. The standard InChI is InChI=1S/C5H3BBr/c7-6-5-3-1-2-4-5/h1-3H/q-1. The van der Waals surface area contributed by atoms with Gasteiger partial charge in [-0.25, -0.2) is 5.47 Å². The van der Waals surface area contributed by atoms with Crippen molar-refractivity contribution in [2.24, 2.45) is 0 Å². The van der Waals surface area contributed by atoms with Gasteiger partial charge in [-0.2, -0.15) is 11.8 Å². The fourth-order valence-electron chi connectivity index (χ4n) is 0.412. The molecule has 0 unspecified atom stereocenters. The molecule has 0 bridgehead atoms. The van der Waals surface area contributed by atoms with Crippen molar-refractivity contribution in [1.29, 1.82) is 0 Å². The summed E-state index contributed by atoms with van der Waals surface area (Å²) in [5.74, 6) is 0. The zero-order chi connectivity index (χ0) is 5.11. The largest absolute Gasteiger partial charge is 0.434 e. The van der Waals surface area contributed by atoms with E-state index < -0.39 is 0 Å². The molecule has 7 heavy (non-hydrogen) atoms. The van der Waals surface area contributed by atoms with Crippen LogP contribution >= 0.6 is 15.8 Å². The van der Waals surface area contributed by atoms with E-state index in [9.17, 15) is 0 Å². The van der Waals surface area contributed by atoms with Crippen LogP contribution in [0.2, 0.25) is 0 Å². The molecule has 0 atom stereocenters. The molecular formula is C5H3BBr-. The molecule has 0 N–H and O–H groups in total. The van der Waals surface area contributed by atoms with E-state index in [2.05, 4.69) is 21.5 Å². The first-order chi connectivity index (χ1) is 3.43. The number of hydrogen-bond acceptors (Lipinski definition) is 0. The molecule has 0 saturated heterocycles. The van der Waals surface area contributed by atoms with Crippen molar-refractivity contribution in [1.82, 2.24) is 0 Å². The lowest BCUT2D eigenvalue weighted by Crippen LogP contribution is -1.74. The maximum absolute atomic E-state index is 3.18. The van der Waals surface area contributed by atoms with Crippen molar-refractivity contribution in [2.45, 2.75) is 0 Å². The Morgan fingerprint density at radius 1 is 1.71 bits per heavy atom. The Balaban J connectivity index is 2.72.